The molecule has 1 aromatic carbocycles. The van der Waals surface area contributed by atoms with Gasteiger partial charge in [0.2, 0.25) is 0 Å². The maximum absolute atomic E-state index is 11.8. The molecule has 76 valence electrons. The van der Waals surface area contributed by atoms with E-state index in [0.29, 0.717) is 0 Å². The van der Waals surface area contributed by atoms with Gasteiger partial charge in [-0.3, -0.25) is 0 Å². The summed E-state index contributed by atoms with van der Waals surface area (Å²) in [5.41, 5.74) is 0.180. The number of phenols is 2. The average molecular weight is 242 g/mol. The van der Waals surface area contributed by atoms with Crippen LogP contribution in [0.15, 0.2) is 24.2 Å². The summed E-state index contributed by atoms with van der Waals surface area (Å²) in [4.78, 5) is 0. The van der Waals surface area contributed by atoms with Crippen LogP contribution in [0.5, 0.6) is 11.5 Å². The molecule has 2 N–H and O–H groups in total. The van der Waals surface area contributed by atoms with Gasteiger partial charge >= 0.3 is 58.4 Å². The summed E-state index contributed by atoms with van der Waals surface area (Å²) in [7, 11) is 0. The zero-order valence-electron chi connectivity index (χ0n) is 7.99. The molecule has 0 saturated heterocycles. The molecule has 1 aromatic rings. The number of hydrogen-bond donors (Lipinski definition) is 2. The van der Waals surface area contributed by atoms with Crippen LogP contribution in [0.3, 0.4) is 0 Å². The summed E-state index contributed by atoms with van der Waals surface area (Å²) >= 11 is 0. The quantitative estimate of drug-likeness (QED) is 0.542. The third-order valence-electron chi connectivity index (χ3n) is 1.51. The van der Waals surface area contributed by atoms with Crippen molar-refractivity contribution < 1.29 is 74.5 Å². The zero-order chi connectivity index (χ0) is 10.8. The largest absolute Gasteiger partial charge is 1.00 e. The van der Waals surface area contributed by atoms with Crippen LogP contribution in [0.1, 0.15) is 5.56 Å². The molecule has 0 unspecified atom stereocenters. The van der Waals surface area contributed by atoms with Crippen molar-refractivity contribution >= 4 is 13.1 Å². The second-order valence-corrected chi connectivity index (χ2v) is 2.73. The molecular formula is C8H7BF3KO2. The van der Waals surface area contributed by atoms with Crippen molar-refractivity contribution in [2.75, 3.05) is 0 Å². The minimum Gasteiger partial charge on any atom is -0.504 e. The first kappa shape index (κ1) is 15.1. The van der Waals surface area contributed by atoms with Crippen molar-refractivity contribution in [3.63, 3.8) is 0 Å². The van der Waals surface area contributed by atoms with E-state index in [4.69, 9.17) is 10.2 Å². The number of halogens is 3. The maximum Gasteiger partial charge on any atom is 1.00 e. The smallest absolute Gasteiger partial charge is 0.504 e. The molecule has 0 fully saturated rings. The van der Waals surface area contributed by atoms with Gasteiger partial charge in [0.05, 0.1) is 0 Å². The molecule has 0 spiro atoms. The monoisotopic (exact) mass is 242 g/mol. The molecule has 0 aliphatic heterocycles. The van der Waals surface area contributed by atoms with E-state index >= 15 is 0 Å². The van der Waals surface area contributed by atoms with E-state index in [1.807, 2.05) is 0 Å². The fourth-order valence-corrected chi connectivity index (χ4v) is 0.864. The number of hydrogen-bond acceptors (Lipinski definition) is 2. The predicted molar refractivity (Wildman–Crippen MR) is 47.9 cm³/mol. The number of phenolic OH excluding ortho intramolecular Hbond substituents is 2. The Morgan fingerprint density at radius 1 is 1.07 bits per heavy atom. The molecular weight excluding hydrogens is 235 g/mol. The SMILES string of the molecule is Oc1ccc(/C=C/[B-](F)(F)F)cc1O.[K+]. The summed E-state index contributed by atoms with van der Waals surface area (Å²) in [5, 5.41) is 17.8. The Morgan fingerprint density at radius 2 is 1.67 bits per heavy atom. The Hall–Kier alpha value is 0.0513. The molecule has 0 saturated carbocycles. The summed E-state index contributed by atoms with van der Waals surface area (Å²) in [6.07, 6.45) is 0.832. The van der Waals surface area contributed by atoms with E-state index in [2.05, 4.69) is 0 Å². The number of rotatable bonds is 2. The van der Waals surface area contributed by atoms with Crippen molar-refractivity contribution in [1.82, 2.24) is 0 Å². The van der Waals surface area contributed by atoms with Gasteiger partial charge in [0, 0.05) is 0 Å². The van der Waals surface area contributed by atoms with Gasteiger partial charge in [0.15, 0.2) is 11.5 Å². The van der Waals surface area contributed by atoms with Gasteiger partial charge in [-0.2, -0.15) is 0 Å². The predicted octanol–water partition coefficient (Wildman–Crippen LogP) is -0.498. The minimum absolute atomic E-state index is 0. The van der Waals surface area contributed by atoms with Gasteiger partial charge in [-0.05, 0) is 17.7 Å². The first-order chi connectivity index (χ1) is 6.38. The molecule has 15 heavy (non-hydrogen) atoms. The van der Waals surface area contributed by atoms with Gasteiger partial charge in [0.25, 0.3) is 0 Å². The Morgan fingerprint density at radius 3 is 2.13 bits per heavy atom. The molecule has 0 aliphatic rings. The topological polar surface area (TPSA) is 40.5 Å². The van der Waals surface area contributed by atoms with E-state index in [9.17, 15) is 12.9 Å². The standard InChI is InChI=1S/C8H7BF3O2.K/c10-9(11,12)4-3-6-1-2-7(13)8(14)5-6;/h1-5,13-14H;/q-1;+1/b4-3+;. The molecule has 7 heteroatoms. The molecule has 0 aliphatic carbocycles. The zero-order valence-corrected chi connectivity index (χ0v) is 11.1. The minimum atomic E-state index is -4.97. The van der Waals surface area contributed by atoms with Gasteiger partial charge in [-0.1, -0.05) is 12.1 Å². The van der Waals surface area contributed by atoms with Crippen molar-refractivity contribution in [2.45, 2.75) is 0 Å². The van der Waals surface area contributed by atoms with Crippen LogP contribution in [-0.4, -0.2) is 17.2 Å². The summed E-state index contributed by atoms with van der Waals surface area (Å²) in [6, 6.07) is 3.44. The molecule has 1 rings (SSSR count). The van der Waals surface area contributed by atoms with Crippen LogP contribution < -0.4 is 51.4 Å². The normalized spacial score (nSPS) is 11.4. The third kappa shape index (κ3) is 5.62. The Labute approximate surface area is 127 Å². The van der Waals surface area contributed by atoms with Crippen LogP contribution in [0.4, 0.5) is 12.9 Å². The fourth-order valence-electron chi connectivity index (χ4n) is 0.864. The van der Waals surface area contributed by atoms with Crippen LogP contribution in [0, 0.1) is 0 Å². The van der Waals surface area contributed by atoms with Crippen molar-refractivity contribution in [2.24, 2.45) is 0 Å². The molecule has 0 heterocycles. The molecule has 0 atom stereocenters. The van der Waals surface area contributed by atoms with Crippen molar-refractivity contribution in [3.8, 4) is 11.5 Å². The first-order valence-electron chi connectivity index (χ1n) is 3.80. The van der Waals surface area contributed by atoms with Gasteiger partial charge in [-0.15, -0.1) is 5.98 Å². The van der Waals surface area contributed by atoms with E-state index in [0.717, 1.165) is 18.2 Å². The Bertz CT molecular complexity index is 365. The van der Waals surface area contributed by atoms with E-state index in [1.54, 1.807) is 0 Å². The van der Waals surface area contributed by atoms with Gasteiger partial charge < -0.3 is 23.2 Å². The number of aromatic hydroxyl groups is 2. The van der Waals surface area contributed by atoms with Gasteiger partial charge in [0.1, 0.15) is 0 Å². The van der Waals surface area contributed by atoms with Crippen LogP contribution in [0.2, 0.25) is 0 Å². The summed E-state index contributed by atoms with van der Waals surface area (Å²) in [6.45, 7) is -4.97. The number of benzene rings is 1. The van der Waals surface area contributed by atoms with Crippen molar-refractivity contribution in [3.05, 3.63) is 29.7 Å². The molecule has 0 radical (unpaired) electrons. The summed E-state index contributed by atoms with van der Waals surface area (Å²) < 4.78 is 35.4. The second-order valence-electron chi connectivity index (χ2n) is 2.73. The van der Waals surface area contributed by atoms with Crippen LogP contribution in [-0.2, 0) is 0 Å². The third-order valence-corrected chi connectivity index (χ3v) is 1.51. The van der Waals surface area contributed by atoms with E-state index in [1.165, 1.54) is 6.07 Å². The summed E-state index contributed by atoms with van der Waals surface area (Å²) in [5.74, 6) is -0.687. The maximum atomic E-state index is 11.8. The van der Waals surface area contributed by atoms with Crippen LogP contribution >= 0.6 is 0 Å². The van der Waals surface area contributed by atoms with Crippen LogP contribution in [0.25, 0.3) is 6.08 Å². The molecule has 2 nitrogen and oxygen atoms in total. The van der Waals surface area contributed by atoms with Gasteiger partial charge in [-0.25, -0.2) is 0 Å². The average Bonchev–Trinajstić information content (AvgIpc) is 2.06. The molecule has 0 aromatic heterocycles. The second kappa shape index (κ2) is 5.95. The Balaban J connectivity index is 0.00000196. The molecule has 0 bridgehead atoms. The fraction of sp³-hybridized carbons (Fsp3) is 0. The molecule has 0 amide bonds. The van der Waals surface area contributed by atoms with E-state index < -0.39 is 12.7 Å². The van der Waals surface area contributed by atoms with Crippen molar-refractivity contribution in [1.29, 1.82) is 0 Å². The first-order valence-corrected chi connectivity index (χ1v) is 3.80. The Kier molecular flexibility index (Phi) is 5.97. The van der Waals surface area contributed by atoms with E-state index in [-0.39, 0.29) is 68.7 Å².